The molecule has 1 nitrogen and oxygen atoms in total. The van der Waals surface area contributed by atoms with Gasteiger partial charge in [0.1, 0.15) is 4.49 Å². The molecule has 0 fully saturated rings. The Labute approximate surface area is 79.6 Å². The lowest BCUT2D eigenvalue weighted by Crippen LogP contribution is -1.75. The molecule has 0 N–H and O–H groups in total. The fourth-order valence-corrected chi connectivity index (χ4v) is 1.07. The molecule has 0 saturated heterocycles. The number of pyridine rings is 1. The van der Waals surface area contributed by atoms with Crippen LogP contribution in [-0.4, -0.2) is 4.98 Å². The third-order valence-electron chi connectivity index (χ3n) is 1.00. The Balaban J connectivity index is 2.97. The van der Waals surface area contributed by atoms with Crippen molar-refractivity contribution in [2.24, 2.45) is 0 Å². The summed E-state index contributed by atoms with van der Waals surface area (Å²) >= 11 is 16.5. The van der Waals surface area contributed by atoms with Gasteiger partial charge in [-0.25, -0.2) is 0 Å². The molecule has 4 heteroatoms. The first-order valence-corrected chi connectivity index (χ1v) is 3.95. The minimum Gasteiger partial charge on any atom is -0.263 e. The predicted molar refractivity (Wildman–Crippen MR) is 48.9 cm³/mol. The van der Waals surface area contributed by atoms with Gasteiger partial charge in [-0.2, -0.15) is 0 Å². The third kappa shape index (κ3) is 3.10. The van der Waals surface area contributed by atoms with E-state index in [1.165, 1.54) is 0 Å². The number of nitrogens with zero attached hydrogens (tertiary/aromatic N) is 1. The van der Waals surface area contributed by atoms with Crippen molar-refractivity contribution in [3.63, 3.8) is 0 Å². The third-order valence-corrected chi connectivity index (χ3v) is 1.43. The molecule has 1 rings (SSSR count). The molecule has 1 aromatic rings. The summed E-state index contributed by atoms with van der Waals surface area (Å²) in [7, 11) is 0. The van der Waals surface area contributed by atoms with Gasteiger partial charge < -0.3 is 0 Å². The highest BCUT2D eigenvalue weighted by molar-refractivity contribution is 6.57. The first-order chi connectivity index (χ1) is 5.18. The van der Waals surface area contributed by atoms with Crippen molar-refractivity contribution in [1.82, 2.24) is 4.98 Å². The van der Waals surface area contributed by atoms with Crippen LogP contribution in [0.15, 0.2) is 23.0 Å². The van der Waals surface area contributed by atoms with E-state index < -0.39 is 0 Å². The van der Waals surface area contributed by atoms with Gasteiger partial charge >= 0.3 is 0 Å². The lowest BCUT2D eigenvalue weighted by molar-refractivity contribution is 1.32. The zero-order valence-electron chi connectivity index (χ0n) is 5.39. The number of hydrogen-bond acceptors (Lipinski definition) is 1. The summed E-state index contributed by atoms with van der Waals surface area (Å²) in [4.78, 5) is 3.84. The minimum absolute atomic E-state index is 0.189. The maximum absolute atomic E-state index is 5.65. The molecule has 0 saturated carbocycles. The van der Waals surface area contributed by atoms with Gasteiger partial charge in [0.25, 0.3) is 0 Å². The van der Waals surface area contributed by atoms with Crippen LogP contribution < -0.4 is 0 Å². The molecule has 0 atom stereocenters. The Bertz CT molecular complexity index is 279. The molecule has 1 heterocycles. The van der Waals surface area contributed by atoms with Crippen LogP contribution in [0.25, 0.3) is 6.08 Å². The van der Waals surface area contributed by atoms with E-state index >= 15 is 0 Å². The van der Waals surface area contributed by atoms with E-state index in [9.17, 15) is 0 Å². The standard InChI is InChI=1S/C7H4Cl3N/c8-6-1-5(2-7(9)10)3-11-4-6/h1-4H. The summed E-state index contributed by atoms with van der Waals surface area (Å²) in [5.74, 6) is 0. The zero-order chi connectivity index (χ0) is 8.27. The lowest BCUT2D eigenvalue weighted by atomic mass is 10.3. The molecule has 0 spiro atoms. The molecule has 58 valence electrons. The highest BCUT2D eigenvalue weighted by Gasteiger charge is 1.91. The van der Waals surface area contributed by atoms with Gasteiger partial charge in [-0.15, -0.1) is 0 Å². The van der Waals surface area contributed by atoms with Gasteiger partial charge in [0.15, 0.2) is 0 Å². The normalized spacial score (nSPS) is 9.36. The predicted octanol–water partition coefficient (Wildman–Crippen LogP) is 3.51. The number of halogens is 3. The Morgan fingerprint density at radius 1 is 1.36 bits per heavy atom. The Morgan fingerprint density at radius 2 is 2.09 bits per heavy atom. The minimum atomic E-state index is 0.189. The SMILES string of the molecule is ClC(Cl)=Cc1cncc(Cl)c1. The molecule has 0 bridgehead atoms. The molecular formula is C7H4Cl3N. The molecule has 0 aromatic carbocycles. The molecule has 0 amide bonds. The summed E-state index contributed by atoms with van der Waals surface area (Å²) in [5, 5.41) is 0.563. The van der Waals surface area contributed by atoms with E-state index in [1.807, 2.05) is 0 Å². The molecule has 0 aliphatic rings. The first-order valence-electron chi connectivity index (χ1n) is 2.82. The van der Waals surface area contributed by atoms with Crippen LogP contribution in [0.2, 0.25) is 5.02 Å². The summed E-state index contributed by atoms with van der Waals surface area (Å²) in [5.41, 5.74) is 0.789. The average Bonchev–Trinajstić information content (AvgIpc) is 1.85. The molecule has 0 unspecified atom stereocenters. The molecule has 0 aliphatic carbocycles. The number of aromatic nitrogens is 1. The van der Waals surface area contributed by atoms with Crippen molar-refractivity contribution >= 4 is 40.9 Å². The van der Waals surface area contributed by atoms with E-state index in [2.05, 4.69) is 4.98 Å². The van der Waals surface area contributed by atoms with Gasteiger partial charge in [-0.05, 0) is 17.7 Å². The molecule has 0 radical (unpaired) electrons. The van der Waals surface area contributed by atoms with Crippen LogP contribution in [0.5, 0.6) is 0 Å². The highest BCUT2D eigenvalue weighted by Crippen LogP contribution is 2.15. The fourth-order valence-electron chi connectivity index (χ4n) is 0.633. The molecule has 0 aliphatic heterocycles. The second-order valence-electron chi connectivity index (χ2n) is 1.87. The van der Waals surface area contributed by atoms with Crippen LogP contribution in [0, 0.1) is 0 Å². The molecule has 11 heavy (non-hydrogen) atoms. The largest absolute Gasteiger partial charge is 0.263 e. The van der Waals surface area contributed by atoms with Crippen LogP contribution in [-0.2, 0) is 0 Å². The monoisotopic (exact) mass is 207 g/mol. The number of hydrogen-bond donors (Lipinski definition) is 0. The summed E-state index contributed by atoms with van der Waals surface area (Å²) in [6.07, 6.45) is 4.74. The fraction of sp³-hybridized carbons (Fsp3) is 0. The Morgan fingerprint density at radius 3 is 2.64 bits per heavy atom. The lowest BCUT2D eigenvalue weighted by Gasteiger charge is -1.92. The highest BCUT2D eigenvalue weighted by atomic mass is 35.5. The average molecular weight is 208 g/mol. The second kappa shape index (κ2) is 3.96. The second-order valence-corrected chi connectivity index (χ2v) is 3.31. The maximum Gasteiger partial charge on any atom is 0.107 e. The summed E-state index contributed by atoms with van der Waals surface area (Å²) in [6.45, 7) is 0. The smallest absolute Gasteiger partial charge is 0.107 e. The van der Waals surface area contributed by atoms with E-state index in [-0.39, 0.29) is 4.49 Å². The van der Waals surface area contributed by atoms with E-state index in [0.717, 1.165) is 5.56 Å². The van der Waals surface area contributed by atoms with Crippen molar-refractivity contribution in [2.75, 3.05) is 0 Å². The van der Waals surface area contributed by atoms with Crippen molar-refractivity contribution < 1.29 is 0 Å². The Hall–Kier alpha value is -0.240. The maximum atomic E-state index is 5.65. The zero-order valence-corrected chi connectivity index (χ0v) is 7.66. The summed E-state index contributed by atoms with van der Waals surface area (Å²) in [6, 6.07) is 1.72. The molecule has 1 aromatic heterocycles. The van der Waals surface area contributed by atoms with Crippen molar-refractivity contribution in [2.45, 2.75) is 0 Å². The van der Waals surface area contributed by atoms with E-state index in [1.54, 1.807) is 24.5 Å². The first kappa shape index (κ1) is 8.85. The quantitative estimate of drug-likeness (QED) is 0.688. The van der Waals surface area contributed by atoms with Crippen LogP contribution >= 0.6 is 34.8 Å². The van der Waals surface area contributed by atoms with Gasteiger partial charge in [-0.1, -0.05) is 34.8 Å². The van der Waals surface area contributed by atoms with Crippen LogP contribution in [0.1, 0.15) is 5.56 Å². The Kier molecular flexibility index (Phi) is 3.18. The topological polar surface area (TPSA) is 12.9 Å². The van der Waals surface area contributed by atoms with Crippen molar-refractivity contribution in [3.8, 4) is 0 Å². The van der Waals surface area contributed by atoms with Gasteiger partial charge in [0, 0.05) is 12.4 Å². The van der Waals surface area contributed by atoms with Crippen LogP contribution in [0.3, 0.4) is 0 Å². The van der Waals surface area contributed by atoms with Crippen LogP contribution in [0.4, 0.5) is 0 Å². The van der Waals surface area contributed by atoms with E-state index in [0.29, 0.717) is 5.02 Å². The summed E-state index contributed by atoms with van der Waals surface area (Å²) < 4.78 is 0.189. The number of rotatable bonds is 1. The van der Waals surface area contributed by atoms with Gasteiger partial charge in [-0.3, -0.25) is 4.98 Å². The van der Waals surface area contributed by atoms with Crippen molar-refractivity contribution in [3.05, 3.63) is 33.5 Å². The van der Waals surface area contributed by atoms with Gasteiger partial charge in [0.05, 0.1) is 5.02 Å². The molecular weight excluding hydrogens is 204 g/mol. The van der Waals surface area contributed by atoms with Crippen molar-refractivity contribution in [1.29, 1.82) is 0 Å². The van der Waals surface area contributed by atoms with E-state index in [4.69, 9.17) is 34.8 Å². The van der Waals surface area contributed by atoms with Gasteiger partial charge in [0.2, 0.25) is 0 Å².